The van der Waals surface area contributed by atoms with E-state index < -0.39 is 0 Å². The average Bonchev–Trinajstić information content (AvgIpc) is 3.11. The van der Waals surface area contributed by atoms with E-state index in [9.17, 15) is 4.79 Å². The van der Waals surface area contributed by atoms with Crippen LogP contribution in [0.4, 0.5) is 0 Å². The largest absolute Gasteiger partial charge is 0.490 e. The Morgan fingerprint density at radius 1 is 1.04 bits per heavy atom. The van der Waals surface area contributed by atoms with Crippen LogP contribution in [0.15, 0.2) is 21.8 Å². The van der Waals surface area contributed by atoms with Crippen molar-refractivity contribution >= 4 is 17.7 Å². The van der Waals surface area contributed by atoms with Crippen molar-refractivity contribution < 1.29 is 28.2 Å². The van der Waals surface area contributed by atoms with Gasteiger partial charge >= 0.3 is 5.97 Å². The Balaban J connectivity index is 2.33. The Labute approximate surface area is 156 Å². The third-order valence-corrected chi connectivity index (χ3v) is 3.90. The van der Waals surface area contributed by atoms with Gasteiger partial charge in [-0.25, -0.2) is 0 Å². The highest BCUT2D eigenvalue weighted by Crippen LogP contribution is 2.42. The fourth-order valence-corrected chi connectivity index (χ4v) is 2.67. The number of hydrogen-bond acceptors (Lipinski definition) is 9. The van der Waals surface area contributed by atoms with E-state index in [0.29, 0.717) is 48.5 Å². The van der Waals surface area contributed by atoms with Crippen LogP contribution in [-0.4, -0.2) is 48.8 Å². The predicted molar refractivity (Wildman–Crippen MR) is 96.0 cm³/mol. The van der Waals surface area contributed by atoms with Crippen LogP contribution in [0.1, 0.15) is 20.8 Å². The molecule has 2 rings (SSSR count). The fraction of sp³-hybridized carbons (Fsp3) is 0.471. The molecule has 0 bridgehead atoms. The molecular formula is C17H22N2O6S. The molecule has 0 aliphatic heterocycles. The van der Waals surface area contributed by atoms with Gasteiger partial charge in [-0.3, -0.25) is 4.79 Å². The minimum atomic E-state index is -0.368. The number of carbonyl (C=O) groups excluding carboxylic acids is 1. The molecule has 8 nitrogen and oxygen atoms in total. The van der Waals surface area contributed by atoms with Crippen LogP contribution in [0.25, 0.3) is 11.5 Å². The summed E-state index contributed by atoms with van der Waals surface area (Å²) in [5, 5.41) is 8.23. The molecule has 0 atom stereocenters. The zero-order chi connectivity index (χ0) is 18.9. The van der Waals surface area contributed by atoms with Crippen LogP contribution >= 0.6 is 11.8 Å². The van der Waals surface area contributed by atoms with Crippen molar-refractivity contribution in [1.29, 1.82) is 0 Å². The first-order valence-corrected chi connectivity index (χ1v) is 9.21. The number of methoxy groups -OCH3 is 1. The number of hydrogen-bond donors (Lipinski definition) is 0. The van der Waals surface area contributed by atoms with Crippen LogP contribution in [0, 0.1) is 0 Å². The molecule has 142 valence electrons. The number of thioether (sulfide) groups is 1. The second-order valence-corrected chi connectivity index (χ2v) is 5.77. The molecule has 0 radical (unpaired) electrons. The maximum Gasteiger partial charge on any atom is 0.316 e. The fourth-order valence-electron chi connectivity index (χ4n) is 2.08. The molecule has 0 saturated heterocycles. The van der Waals surface area contributed by atoms with Crippen molar-refractivity contribution in [3.05, 3.63) is 12.1 Å². The lowest BCUT2D eigenvalue weighted by Crippen LogP contribution is -2.03. The Hall–Kier alpha value is -2.42. The smallest absolute Gasteiger partial charge is 0.316 e. The van der Waals surface area contributed by atoms with Gasteiger partial charge in [0, 0.05) is 5.56 Å². The monoisotopic (exact) mass is 382 g/mol. The maximum absolute atomic E-state index is 11.2. The molecule has 1 aromatic carbocycles. The molecule has 0 spiro atoms. The van der Waals surface area contributed by atoms with Crippen LogP contribution in [-0.2, 0) is 9.53 Å². The van der Waals surface area contributed by atoms with Gasteiger partial charge in [0.2, 0.25) is 11.6 Å². The van der Waals surface area contributed by atoms with E-state index in [0.717, 1.165) is 11.8 Å². The summed E-state index contributed by atoms with van der Waals surface area (Å²) in [4.78, 5) is 11.2. The van der Waals surface area contributed by atoms with Crippen molar-refractivity contribution in [1.82, 2.24) is 10.2 Å². The van der Waals surface area contributed by atoms with E-state index in [2.05, 4.69) is 14.9 Å². The molecule has 1 aromatic heterocycles. The minimum Gasteiger partial charge on any atom is -0.490 e. The zero-order valence-electron chi connectivity index (χ0n) is 15.2. The first-order chi connectivity index (χ1) is 12.6. The lowest BCUT2D eigenvalue weighted by molar-refractivity contribution is -0.137. The van der Waals surface area contributed by atoms with Gasteiger partial charge in [-0.2, -0.15) is 0 Å². The van der Waals surface area contributed by atoms with E-state index in [1.165, 1.54) is 7.11 Å². The van der Waals surface area contributed by atoms with Crippen molar-refractivity contribution in [3.63, 3.8) is 0 Å². The molecule has 0 unspecified atom stereocenters. The lowest BCUT2D eigenvalue weighted by atomic mass is 10.2. The number of carbonyl (C=O) groups is 1. The molecule has 0 aliphatic carbocycles. The molecule has 2 aromatic rings. The zero-order valence-corrected chi connectivity index (χ0v) is 16.1. The summed E-state index contributed by atoms with van der Waals surface area (Å²) in [5.74, 6) is 1.64. The number of aromatic nitrogens is 2. The topological polar surface area (TPSA) is 92.9 Å². The molecule has 1 heterocycles. The first kappa shape index (κ1) is 19.9. The number of ether oxygens (including phenoxy) is 4. The average molecular weight is 382 g/mol. The van der Waals surface area contributed by atoms with E-state index in [-0.39, 0.29) is 16.9 Å². The highest BCUT2D eigenvalue weighted by atomic mass is 32.2. The van der Waals surface area contributed by atoms with Gasteiger partial charge in [0.1, 0.15) is 5.75 Å². The summed E-state index contributed by atoms with van der Waals surface area (Å²) in [6, 6.07) is 3.53. The Bertz CT molecular complexity index is 707. The van der Waals surface area contributed by atoms with Gasteiger partial charge in [-0.15, -0.1) is 10.2 Å². The highest BCUT2D eigenvalue weighted by molar-refractivity contribution is 7.99. The molecular weight excluding hydrogens is 360 g/mol. The minimum absolute atomic E-state index is 0.0931. The van der Waals surface area contributed by atoms with Gasteiger partial charge in [-0.1, -0.05) is 11.8 Å². The van der Waals surface area contributed by atoms with Gasteiger partial charge in [-0.05, 0) is 32.9 Å². The normalized spacial score (nSPS) is 10.5. The van der Waals surface area contributed by atoms with Crippen LogP contribution in [0.3, 0.4) is 0 Å². The third kappa shape index (κ3) is 5.04. The SMILES string of the molecule is CCOc1cc(-c2nnc(SCC(=O)OC)o2)cc(OCC)c1OCC. The van der Waals surface area contributed by atoms with E-state index in [4.69, 9.17) is 18.6 Å². The van der Waals surface area contributed by atoms with Crippen LogP contribution in [0.5, 0.6) is 17.2 Å². The number of benzene rings is 1. The molecule has 0 fully saturated rings. The first-order valence-electron chi connectivity index (χ1n) is 8.22. The Kier molecular flexibility index (Phi) is 7.58. The molecule has 9 heteroatoms. The van der Waals surface area contributed by atoms with Crippen molar-refractivity contribution in [2.45, 2.75) is 26.0 Å². The quantitative estimate of drug-likeness (QED) is 0.453. The Morgan fingerprint density at radius 2 is 1.65 bits per heavy atom. The standard InChI is InChI=1S/C17H22N2O6S/c1-5-22-12-8-11(9-13(23-6-2)15(12)24-7-3)16-18-19-17(25-16)26-10-14(20)21-4/h8-9H,5-7,10H2,1-4H3. The predicted octanol–water partition coefficient (Wildman–Crippen LogP) is 3.20. The molecule has 0 N–H and O–H groups in total. The van der Waals surface area contributed by atoms with E-state index in [1.54, 1.807) is 12.1 Å². The third-order valence-electron chi connectivity index (χ3n) is 3.10. The number of rotatable bonds is 10. The van der Waals surface area contributed by atoms with Gasteiger partial charge < -0.3 is 23.4 Å². The molecule has 0 amide bonds. The van der Waals surface area contributed by atoms with Gasteiger partial charge in [0.15, 0.2) is 11.5 Å². The second kappa shape index (κ2) is 9.91. The maximum atomic E-state index is 11.2. The highest BCUT2D eigenvalue weighted by Gasteiger charge is 2.19. The lowest BCUT2D eigenvalue weighted by Gasteiger charge is -2.16. The Morgan fingerprint density at radius 3 is 2.19 bits per heavy atom. The summed E-state index contributed by atoms with van der Waals surface area (Å²) < 4.78 is 27.2. The van der Waals surface area contributed by atoms with Crippen LogP contribution < -0.4 is 14.2 Å². The number of nitrogens with zero attached hydrogens (tertiary/aromatic N) is 2. The van der Waals surface area contributed by atoms with Gasteiger partial charge in [0.05, 0.1) is 26.9 Å². The summed E-state index contributed by atoms with van der Waals surface area (Å²) >= 11 is 1.11. The van der Waals surface area contributed by atoms with Crippen molar-refractivity contribution in [2.24, 2.45) is 0 Å². The molecule has 0 aliphatic rings. The van der Waals surface area contributed by atoms with Crippen molar-refractivity contribution in [2.75, 3.05) is 32.7 Å². The molecule has 0 saturated carbocycles. The number of esters is 1. The summed E-state index contributed by atoms with van der Waals surface area (Å²) in [5.41, 5.74) is 0.637. The van der Waals surface area contributed by atoms with Gasteiger partial charge in [0.25, 0.3) is 5.22 Å². The molecule has 26 heavy (non-hydrogen) atoms. The van der Waals surface area contributed by atoms with E-state index in [1.807, 2.05) is 20.8 Å². The van der Waals surface area contributed by atoms with Crippen molar-refractivity contribution in [3.8, 4) is 28.7 Å². The summed E-state index contributed by atoms with van der Waals surface area (Å²) in [7, 11) is 1.33. The summed E-state index contributed by atoms with van der Waals surface area (Å²) in [6.45, 7) is 7.09. The summed E-state index contributed by atoms with van der Waals surface area (Å²) in [6.07, 6.45) is 0. The van der Waals surface area contributed by atoms with E-state index >= 15 is 0 Å². The van der Waals surface area contributed by atoms with Crippen LogP contribution in [0.2, 0.25) is 0 Å². The second-order valence-electron chi connectivity index (χ2n) is 4.84.